The number of esters is 1. The Bertz CT molecular complexity index is 863. The first-order chi connectivity index (χ1) is 14.0. The first-order valence-electron chi connectivity index (χ1n) is 9.75. The Kier molecular flexibility index (Phi) is 6.94. The number of carbonyl (C=O) groups is 3. The summed E-state index contributed by atoms with van der Waals surface area (Å²) in [7, 11) is 0. The van der Waals surface area contributed by atoms with Crippen molar-refractivity contribution in [2.24, 2.45) is 0 Å². The molecule has 7 heteroatoms. The van der Waals surface area contributed by atoms with Gasteiger partial charge in [-0.15, -0.1) is 0 Å². The highest BCUT2D eigenvalue weighted by molar-refractivity contribution is 5.96. The molecule has 0 spiro atoms. The topological polar surface area (TPSA) is 88.6 Å². The predicted molar refractivity (Wildman–Crippen MR) is 109 cm³/mol. The molecule has 0 aliphatic carbocycles. The molecule has 1 atom stereocenters. The average Bonchev–Trinajstić information content (AvgIpc) is 3.27. The summed E-state index contributed by atoms with van der Waals surface area (Å²) < 4.78 is 5.19. The quantitative estimate of drug-likeness (QED) is 0.689. The number of nitrogens with one attached hydrogen (secondary N) is 1. The highest BCUT2D eigenvalue weighted by Crippen LogP contribution is 2.22. The van der Waals surface area contributed by atoms with Crippen LogP contribution in [-0.4, -0.2) is 48.4 Å². The van der Waals surface area contributed by atoms with Gasteiger partial charge in [0, 0.05) is 19.3 Å². The Morgan fingerprint density at radius 2 is 1.83 bits per heavy atom. The molecule has 0 bridgehead atoms. The van der Waals surface area contributed by atoms with Crippen LogP contribution in [0.15, 0.2) is 48.7 Å². The van der Waals surface area contributed by atoms with Gasteiger partial charge in [-0.05, 0) is 43.9 Å². The smallest absolute Gasteiger partial charge is 0.342 e. The van der Waals surface area contributed by atoms with Gasteiger partial charge >= 0.3 is 5.97 Å². The highest BCUT2D eigenvalue weighted by atomic mass is 16.5. The van der Waals surface area contributed by atoms with Gasteiger partial charge in [-0.3, -0.25) is 9.59 Å². The van der Waals surface area contributed by atoms with Gasteiger partial charge in [0.15, 0.2) is 12.4 Å². The van der Waals surface area contributed by atoms with Crippen molar-refractivity contribution in [2.45, 2.75) is 32.2 Å². The van der Waals surface area contributed by atoms with Crippen molar-refractivity contribution in [2.75, 3.05) is 24.6 Å². The summed E-state index contributed by atoms with van der Waals surface area (Å²) in [6.07, 6.45) is 4.14. The van der Waals surface area contributed by atoms with E-state index in [9.17, 15) is 14.4 Å². The number of anilines is 1. The first kappa shape index (κ1) is 20.5. The van der Waals surface area contributed by atoms with Crippen LogP contribution >= 0.6 is 0 Å². The second-order valence-corrected chi connectivity index (χ2v) is 7.07. The van der Waals surface area contributed by atoms with Gasteiger partial charge in [0.05, 0.1) is 6.04 Å². The number of ketones is 1. The highest BCUT2D eigenvalue weighted by Gasteiger charge is 2.23. The summed E-state index contributed by atoms with van der Waals surface area (Å²) in [5, 5.41) is 2.65. The van der Waals surface area contributed by atoms with Gasteiger partial charge in [-0.25, -0.2) is 9.78 Å². The summed E-state index contributed by atoms with van der Waals surface area (Å²) in [4.78, 5) is 43.0. The standard InChI is InChI=1S/C22H25N3O4/c1-16(26)19(14-17-8-3-2-4-9-17)24-20(27)15-29-22(28)18-10-7-11-23-21(18)25-12-5-6-13-25/h2-4,7-11,19H,5-6,12-15H2,1H3,(H,24,27)/t19-/m1/s1. The average molecular weight is 395 g/mol. The molecular weight excluding hydrogens is 370 g/mol. The predicted octanol–water partition coefficient (Wildman–Crippen LogP) is 2.16. The van der Waals surface area contributed by atoms with Gasteiger partial charge < -0.3 is 15.0 Å². The minimum absolute atomic E-state index is 0.155. The Morgan fingerprint density at radius 1 is 1.10 bits per heavy atom. The maximum atomic E-state index is 12.5. The summed E-state index contributed by atoms with van der Waals surface area (Å²) in [5.41, 5.74) is 1.28. The van der Waals surface area contributed by atoms with Crippen molar-refractivity contribution in [1.82, 2.24) is 10.3 Å². The SMILES string of the molecule is CC(=O)[C@@H](Cc1ccccc1)NC(=O)COC(=O)c1cccnc1N1CCCC1. The molecule has 2 heterocycles. The van der Waals surface area contributed by atoms with E-state index in [0.29, 0.717) is 17.8 Å². The molecule has 2 aromatic rings. The van der Waals surface area contributed by atoms with Crippen molar-refractivity contribution in [3.05, 3.63) is 59.8 Å². The number of hydrogen-bond acceptors (Lipinski definition) is 6. The van der Waals surface area contributed by atoms with Crippen LogP contribution in [0, 0.1) is 0 Å². The Labute approximate surface area is 170 Å². The normalized spacial score (nSPS) is 14.3. The number of aromatic nitrogens is 1. The molecule has 152 valence electrons. The second kappa shape index (κ2) is 9.82. The third kappa shape index (κ3) is 5.63. The fraction of sp³-hybridized carbons (Fsp3) is 0.364. The number of hydrogen-bond donors (Lipinski definition) is 1. The molecule has 1 saturated heterocycles. The van der Waals surface area contributed by atoms with Crippen molar-refractivity contribution < 1.29 is 19.1 Å². The number of pyridine rings is 1. The third-order valence-electron chi connectivity index (χ3n) is 4.86. The molecule has 1 N–H and O–H groups in total. The van der Waals surface area contributed by atoms with E-state index < -0.39 is 24.5 Å². The lowest BCUT2D eigenvalue weighted by Crippen LogP contribution is -2.43. The molecule has 0 radical (unpaired) electrons. The zero-order chi connectivity index (χ0) is 20.6. The lowest BCUT2D eigenvalue weighted by molar-refractivity contribution is -0.128. The van der Waals surface area contributed by atoms with E-state index in [4.69, 9.17) is 4.74 Å². The zero-order valence-electron chi connectivity index (χ0n) is 16.5. The maximum absolute atomic E-state index is 12.5. The minimum atomic E-state index is -0.665. The number of nitrogens with zero attached hydrogens (tertiary/aromatic N) is 2. The first-order valence-corrected chi connectivity index (χ1v) is 9.75. The lowest BCUT2D eigenvalue weighted by atomic mass is 10.0. The van der Waals surface area contributed by atoms with Crippen LogP contribution in [0.5, 0.6) is 0 Å². The molecule has 7 nitrogen and oxygen atoms in total. The van der Waals surface area contributed by atoms with E-state index in [1.54, 1.807) is 18.3 Å². The van der Waals surface area contributed by atoms with Crippen LogP contribution in [-0.2, 0) is 20.7 Å². The van der Waals surface area contributed by atoms with Crippen molar-refractivity contribution in [3.8, 4) is 0 Å². The Hall–Kier alpha value is -3.22. The molecule has 1 aromatic heterocycles. The van der Waals surface area contributed by atoms with Crippen molar-refractivity contribution in [3.63, 3.8) is 0 Å². The summed E-state index contributed by atoms with van der Waals surface area (Å²) >= 11 is 0. The van der Waals surface area contributed by atoms with E-state index in [1.165, 1.54) is 6.92 Å². The van der Waals surface area contributed by atoms with E-state index in [2.05, 4.69) is 10.3 Å². The maximum Gasteiger partial charge on any atom is 0.342 e. The van der Waals surface area contributed by atoms with Gasteiger partial charge in [0.2, 0.25) is 0 Å². The minimum Gasteiger partial charge on any atom is -0.452 e. The molecule has 1 fully saturated rings. The molecule has 1 aliphatic heterocycles. The lowest BCUT2D eigenvalue weighted by Gasteiger charge is -2.19. The fourth-order valence-electron chi connectivity index (χ4n) is 3.33. The summed E-state index contributed by atoms with van der Waals surface area (Å²) in [6, 6.07) is 12.1. The molecular formula is C22H25N3O4. The number of amides is 1. The number of carbonyl (C=O) groups excluding carboxylic acids is 3. The summed E-state index contributed by atoms with van der Waals surface area (Å²) in [5.74, 6) is -0.683. The van der Waals surface area contributed by atoms with Crippen molar-refractivity contribution >= 4 is 23.5 Å². The molecule has 1 aromatic carbocycles. The third-order valence-corrected chi connectivity index (χ3v) is 4.86. The molecule has 1 aliphatic rings. The van der Waals surface area contributed by atoms with E-state index in [-0.39, 0.29) is 5.78 Å². The van der Waals surface area contributed by atoms with Gasteiger partial charge in [-0.2, -0.15) is 0 Å². The molecule has 1 amide bonds. The Balaban J connectivity index is 1.57. The molecule has 3 rings (SSSR count). The van der Waals surface area contributed by atoms with E-state index in [0.717, 1.165) is 31.5 Å². The number of benzene rings is 1. The fourth-order valence-corrected chi connectivity index (χ4v) is 3.33. The van der Waals surface area contributed by atoms with Crippen LogP contribution in [0.3, 0.4) is 0 Å². The van der Waals surface area contributed by atoms with Gasteiger partial charge in [0.25, 0.3) is 5.91 Å². The van der Waals surface area contributed by atoms with Gasteiger partial charge in [-0.1, -0.05) is 30.3 Å². The van der Waals surface area contributed by atoms with E-state index in [1.807, 2.05) is 35.2 Å². The van der Waals surface area contributed by atoms with Crippen LogP contribution in [0.25, 0.3) is 0 Å². The Morgan fingerprint density at radius 3 is 2.52 bits per heavy atom. The number of rotatable bonds is 8. The second-order valence-electron chi connectivity index (χ2n) is 7.07. The van der Waals surface area contributed by atoms with E-state index >= 15 is 0 Å². The van der Waals surface area contributed by atoms with Crippen LogP contribution in [0.1, 0.15) is 35.7 Å². The van der Waals surface area contributed by atoms with Crippen LogP contribution < -0.4 is 10.2 Å². The monoisotopic (exact) mass is 395 g/mol. The molecule has 29 heavy (non-hydrogen) atoms. The van der Waals surface area contributed by atoms with Crippen molar-refractivity contribution in [1.29, 1.82) is 0 Å². The van der Waals surface area contributed by atoms with Crippen LogP contribution in [0.2, 0.25) is 0 Å². The summed E-state index contributed by atoms with van der Waals surface area (Å²) in [6.45, 7) is 2.67. The number of Topliss-reactive ketones (excluding diaryl/α,β-unsaturated/α-hetero) is 1. The van der Waals surface area contributed by atoms with Crippen LogP contribution in [0.4, 0.5) is 5.82 Å². The number of ether oxygens (including phenoxy) is 1. The largest absolute Gasteiger partial charge is 0.452 e. The molecule has 0 saturated carbocycles. The molecule has 0 unspecified atom stereocenters. The zero-order valence-corrected chi connectivity index (χ0v) is 16.5. The van der Waals surface area contributed by atoms with Gasteiger partial charge in [0.1, 0.15) is 11.4 Å².